The highest BCUT2D eigenvalue weighted by Gasteiger charge is 2.17. The van der Waals surface area contributed by atoms with Crippen LogP contribution >= 0.6 is 0 Å². The van der Waals surface area contributed by atoms with Crippen LogP contribution in [0.2, 0.25) is 0 Å². The number of rotatable bonds is 3. The molecule has 0 saturated heterocycles. The Kier molecular flexibility index (Phi) is 2.52. The lowest BCUT2D eigenvalue weighted by Gasteiger charge is -2.06. The lowest BCUT2D eigenvalue weighted by Crippen LogP contribution is -2.04. The van der Waals surface area contributed by atoms with E-state index in [1.54, 1.807) is 0 Å². The summed E-state index contributed by atoms with van der Waals surface area (Å²) in [6.45, 7) is 3.15. The number of nitrogen functional groups attached to an aromatic ring is 1. The number of unbranched alkanes of at least 4 members (excludes halogenated alkanes) is 1. The van der Waals surface area contributed by atoms with Gasteiger partial charge in [-0.1, -0.05) is 13.3 Å². The standard InChI is InChI=1S/C10H16N4/c1-2-3-4-8-7-5-6-12-9(7)14-10(11)13-8/h2-6H2,1H3,(H3,11,12,13,14). The summed E-state index contributed by atoms with van der Waals surface area (Å²) in [6.07, 6.45) is 4.41. The third kappa shape index (κ3) is 1.64. The fourth-order valence-electron chi connectivity index (χ4n) is 1.82. The fraction of sp³-hybridized carbons (Fsp3) is 0.600. The smallest absolute Gasteiger partial charge is 0.222 e. The average molecular weight is 192 g/mol. The Morgan fingerprint density at radius 3 is 3.07 bits per heavy atom. The monoisotopic (exact) mass is 192 g/mol. The normalized spacial score (nSPS) is 13.8. The van der Waals surface area contributed by atoms with E-state index >= 15 is 0 Å². The van der Waals surface area contributed by atoms with E-state index in [2.05, 4.69) is 22.2 Å². The van der Waals surface area contributed by atoms with Gasteiger partial charge in [0.15, 0.2) is 0 Å². The number of fused-ring (bicyclic) bond motifs is 1. The first-order valence-corrected chi connectivity index (χ1v) is 5.20. The molecule has 4 nitrogen and oxygen atoms in total. The maximum absolute atomic E-state index is 5.64. The predicted molar refractivity (Wildman–Crippen MR) is 57.3 cm³/mol. The van der Waals surface area contributed by atoms with Gasteiger partial charge in [-0.2, -0.15) is 4.98 Å². The molecule has 0 fully saturated rings. The van der Waals surface area contributed by atoms with Crippen LogP contribution in [0.3, 0.4) is 0 Å². The van der Waals surface area contributed by atoms with Gasteiger partial charge in [-0.05, 0) is 19.3 Å². The molecule has 2 rings (SSSR count). The van der Waals surface area contributed by atoms with Gasteiger partial charge in [0.2, 0.25) is 5.95 Å². The summed E-state index contributed by atoms with van der Waals surface area (Å²) in [5, 5.41) is 3.23. The summed E-state index contributed by atoms with van der Waals surface area (Å²) >= 11 is 0. The fourth-order valence-corrected chi connectivity index (χ4v) is 1.82. The molecule has 1 aliphatic heterocycles. The Balaban J connectivity index is 2.29. The second kappa shape index (κ2) is 3.82. The van der Waals surface area contributed by atoms with E-state index in [9.17, 15) is 0 Å². The molecule has 0 radical (unpaired) electrons. The molecule has 1 aliphatic rings. The van der Waals surface area contributed by atoms with Gasteiger partial charge in [0.05, 0.1) is 5.69 Å². The Labute approximate surface area is 83.9 Å². The number of hydrogen-bond acceptors (Lipinski definition) is 4. The number of nitrogens with two attached hydrogens (primary N) is 1. The highest BCUT2D eigenvalue weighted by Crippen LogP contribution is 2.24. The quantitative estimate of drug-likeness (QED) is 0.759. The molecular weight excluding hydrogens is 176 g/mol. The van der Waals surface area contributed by atoms with Crippen molar-refractivity contribution in [3.05, 3.63) is 11.3 Å². The van der Waals surface area contributed by atoms with E-state index in [0.29, 0.717) is 5.95 Å². The Morgan fingerprint density at radius 2 is 2.29 bits per heavy atom. The van der Waals surface area contributed by atoms with Gasteiger partial charge >= 0.3 is 0 Å². The highest BCUT2D eigenvalue weighted by molar-refractivity contribution is 5.53. The maximum Gasteiger partial charge on any atom is 0.222 e. The van der Waals surface area contributed by atoms with Crippen LogP contribution in [0.4, 0.5) is 11.8 Å². The number of nitrogens with one attached hydrogen (secondary N) is 1. The van der Waals surface area contributed by atoms with Crippen molar-refractivity contribution in [2.45, 2.75) is 32.6 Å². The van der Waals surface area contributed by atoms with Crippen LogP contribution in [0.1, 0.15) is 31.0 Å². The molecule has 3 N–H and O–H groups in total. The molecule has 0 amide bonds. The van der Waals surface area contributed by atoms with Crippen molar-refractivity contribution in [1.29, 1.82) is 0 Å². The Bertz CT molecular complexity index is 335. The van der Waals surface area contributed by atoms with Crippen LogP contribution in [0.5, 0.6) is 0 Å². The van der Waals surface area contributed by atoms with Gasteiger partial charge in [0, 0.05) is 12.1 Å². The number of aryl methyl sites for hydroxylation is 1. The minimum Gasteiger partial charge on any atom is -0.369 e. The molecule has 2 heterocycles. The van der Waals surface area contributed by atoms with Gasteiger partial charge in [0.25, 0.3) is 0 Å². The molecule has 4 heteroatoms. The third-order valence-corrected chi connectivity index (χ3v) is 2.54. The van der Waals surface area contributed by atoms with E-state index in [4.69, 9.17) is 5.73 Å². The van der Waals surface area contributed by atoms with Crippen molar-refractivity contribution < 1.29 is 0 Å². The van der Waals surface area contributed by atoms with Crippen molar-refractivity contribution in [3.63, 3.8) is 0 Å². The zero-order valence-corrected chi connectivity index (χ0v) is 8.51. The first-order chi connectivity index (χ1) is 6.81. The van der Waals surface area contributed by atoms with Crippen molar-refractivity contribution >= 4 is 11.8 Å². The summed E-state index contributed by atoms with van der Waals surface area (Å²) in [4.78, 5) is 8.49. The highest BCUT2D eigenvalue weighted by atomic mass is 15.1. The Hall–Kier alpha value is -1.32. The van der Waals surface area contributed by atoms with Crippen LogP contribution in [0, 0.1) is 0 Å². The molecule has 1 aromatic heterocycles. The lowest BCUT2D eigenvalue weighted by molar-refractivity contribution is 0.767. The average Bonchev–Trinajstić information content (AvgIpc) is 2.61. The molecule has 0 atom stereocenters. The van der Waals surface area contributed by atoms with Gasteiger partial charge in [0.1, 0.15) is 5.82 Å². The molecule has 76 valence electrons. The van der Waals surface area contributed by atoms with E-state index < -0.39 is 0 Å². The van der Waals surface area contributed by atoms with E-state index in [-0.39, 0.29) is 0 Å². The zero-order valence-electron chi connectivity index (χ0n) is 8.51. The zero-order chi connectivity index (χ0) is 9.97. The van der Waals surface area contributed by atoms with Crippen LogP contribution < -0.4 is 11.1 Å². The summed E-state index contributed by atoms with van der Waals surface area (Å²) in [6, 6.07) is 0. The van der Waals surface area contributed by atoms with Crippen molar-refractivity contribution in [3.8, 4) is 0 Å². The van der Waals surface area contributed by atoms with Crippen LogP contribution in [-0.2, 0) is 12.8 Å². The first-order valence-electron chi connectivity index (χ1n) is 5.20. The van der Waals surface area contributed by atoms with E-state index in [0.717, 1.165) is 30.9 Å². The topological polar surface area (TPSA) is 63.8 Å². The van der Waals surface area contributed by atoms with Gasteiger partial charge < -0.3 is 11.1 Å². The van der Waals surface area contributed by atoms with Crippen molar-refractivity contribution in [1.82, 2.24) is 9.97 Å². The largest absolute Gasteiger partial charge is 0.369 e. The van der Waals surface area contributed by atoms with E-state index in [1.165, 1.54) is 18.4 Å². The molecule has 1 aromatic rings. The number of anilines is 2. The summed E-state index contributed by atoms with van der Waals surface area (Å²) in [5.74, 6) is 1.34. The minimum absolute atomic E-state index is 0.393. The Morgan fingerprint density at radius 1 is 1.43 bits per heavy atom. The summed E-state index contributed by atoms with van der Waals surface area (Å²) in [5.41, 5.74) is 8.05. The minimum atomic E-state index is 0.393. The van der Waals surface area contributed by atoms with Crippen molar-refractivity contribution in [2.24, 2.45) is 0 Å². The summed E-state index contributed by atoms with van der Waals surface area (Å²) < 4.78 is 0. The van der Waals surface area contributed by atoms with Gasteiger partial charge in [-0.25, -0.2) is 4.98 Å². The maximum atomic E-state index is 5.64. The van der Waals surface area contributed by atoms with Crippen LogP contribution in [0.25, 0.3) is 0 Å². The molecule has 0 spiro atoms. The molecule has 0 aromatic carbocycles. The molecule has 0 bridgehead atoms. The molecule has 14 heavy (non-hydrogen) atoms. The molecule has 0 unspecified atom stereocenters. The number of hydrogen-bond donors (Lipinski definition) is 2. The first kappa shape index (κ1) is 9.24. The number of nitrogens with zero attached hydrogens (tertiary/aromatic N) is 2. The SMILES string of the molecule is CCCCc1nc(N)nc2c1CCN2. The van der Waals surface area contributed by atoms with Crippen LogP contribution in [-0.4, -0.2) is 16.5 Å². The molecule has 0 saturated carbocycles. The predicted octanol–water partition coefficient (Wildman–Crippen LogP) is 1.37. The molecule has 0 aliphatic carbocycles. The second-order valence-electron chi connectivity index (χ2n) is 3.64. The van der Waals surface area contributed by atoms with Gasteiger partial charge in [-0.3, -0.25) is 0 Å². The third-order valence-electron chi connectivity index (χ3n) is 2.54. The van der Waals surface area contributed by atoms with Crippen LogP contribution in [0.15, 0.2) is 0 Å². The lowest BCUT2D eigenvalue weighted by atomic mass is 10.1. The molecular formula is C10H16N4. The second-order valence-corrected chi connectivity index (χ2v) is 3.64. The number of aromatic nitrogens is 2. The summed E-state index contributed by atoms with van der Waals surface area (Å²) in [7, 11) is 0. The van der Waals surface area contributed by atoms with Gasteiger partial charge in [-0.15, -0.1) is 0 Å². The van der Waals surface area contributed by atoms with E-state index in [1.807, 2.05) is 0 Å². The van der Waals surface area contributed by atoms with Crippen molar-refractivity contribution in [2.75, 3.05) is 17.6 Å².